The van der Waals surface area contributed by atoms with Gasteiger partial charge in [-0.25, -0.2) is 4.98 Å². The zero-order chi connectivity index (χ0) is 22.8. The highest BCUT2D eigenvalue weighted by Gasteiger charge is 2.14. The van der Waals surface area contributed by atoms with Crippen molar-refractivity contribution in [3.63, 3.8) is 0 Å². The van der Waals surface area contributed by atoms with E-state index in [9.17, 15) is 0 Å². The molecule has 2 aromatic carbocycles. The second-order valence-corrected chi connectivity index (χ2v) is 9.50. The summed E-state index contributed by atoms with van der Waals surface area (Å²) in [5, 5.41) is 12.3. The third-order valence-electron chi connectivity index (χ3n) is 6.02. The quantitative estimate of drug-likeness (QED) is 0.232. The van der Waals surface area contributed by atoms with Crippen molar-refractivity contribution in [3.05, 3.63) is 59.8 Å². The SMILES string of the molecule is N=Cc1cc(Nc2ccnc(N)n2)cc(-c2cc3cc(CN4CCCCC4)ccc3s2)c1N. The van der Waals surface area contributed by atoms with Gasteiger partial charge < -0.3 is 22.2 Å². The summed E-state index contributed by atoms with van der Waals surface area (Å²) in [5.41, 5.74) is 16.5. The molecule has 0 amide bonds. The Labute approximate surface area is 197 Å². The smallest absolute Gasteiger partial charge is 0.221 e. The highest BCUT2D eigenvalue weighted by molar-refractivity contribution is 7.22. The molecule has 0 unspecified atom stereocenters. The molecular weight excluding hydrogens is 430 g/mol. The van der Waals surface area contributed by atoms with E-state index in [0.29, 0.717) is 17.1 Å². The number of hydrogen-bond acceptors (Lipinski definition) is 8. The standard InChI is InChI=1S/C25H27N7S/c26-14-18-11-19(30-23-6-7-29-25(28)31-23)13-20(24(18)27)22-12-17-10-16(4-5-21(17)33-22)15-32-8-2-1-3-9-32/h4-7,10-14,26H,1-3,8-9,15,27H2,(H3,28,29,30,31). The average Bonchev–Trinajstić information content (AvgIpc) is 3.24. The molecule has 6 N–H and O–H groups in total. The molecule has 3 heterocycles. The fourth-order valence-corrected chi connectivity index (χ4v) is 5.44. The normalized spacial score (nSPS) is 14.4. The number of nitrogens with zero attached hydrogens (tertiary/aromatic N) is 3. The van der Waals surface area contributed by atoms with Gasteiger partial charge in [0.05, 0.1) is 0 Å². The molecule has 0 saturated carbocycles. The molecule has 2 aromatic heterocycles. The topological polar surface area (TPSA) is 117 Å². The molecule has 0 spiro atoms. The van der Waals surface area contributed by atoms with Crippen molar-refractivity contribution in [2.24, 2.45) is 0 Å². The van der Waals surface area contributed by atoms with Crippen LogP contribution in [0.15, 0.2) is 48.7 Å². The van der Waals surface area contributed by atoms with Crippen molar-refractivity contribution in [1.29, 1.82) is 5.41 Å². The zero-order valence-corrected chi connectivity index (χ0v) is 19.2. The summed E-state index contributed by atoms with van der Waals surface area (Å²) in [6.07, 6.45) is 6.83. The highest BCUT2D eigenvalue weighted by Crippen LogP contribution is 2.39. The van der Waals surface area contributed by atoms with Gasteiger partial charge in [0.2, 0.25) is 5.95 Å². The maximum atomic E-state index is 7.83. The van der Waals surface area contributed by atoms with E-state index in [0.717, 1.165) is 22.7 Å². The molecule has 0 bridgehead atoms. The van der Waals surface area contributed by atoms with Crippen molar-refractivity contribution in [3.8, 4) is 10.4 Å². The summed E-state index contributed by atoms with van der Waals surface area (Å²) >= 11 is 1.71. The lowest BCUT2D eigenvalue weighted by Crippen LogP contribution is -2.28. The van der Waals surface area contributed by atoms with Gasteiger partial charge in [-0.15, -0.1) is 11.3 Å². The van der Waals surface area contributed by atoms with Crippen LogP contribution in [0.5, 0.6) is 0 Å². The van der Waals surface area contributed by atoms with Crippen molar-refractivity contribution in [2.45, 2.75) is 25.8 Å². The Bertz CT molecular complexity index is 1310. The van der Waals surface area contributed by atoms with Gasteiger partial charge >= 0.3 is 0 Å². The van der Waals surface area contributed by atoms with E-state index in [4.69, 9.17) is 16.9 Å². The number of nitrogens with one attached hydrogen (secondary N) is 2. The maximum Gasteiger partial charge on any atom is 0.221 e. The van der Waals surface area contributed by atoms with Gasteiger partial charge in [-0.3, -0.25) is 4.90 Å². The lowest BCUT2D eigenvalue weighted by atomic mass is 10.0. The minimum Gasteiger partial charge on any atom is -0.398 e. The highest BCUT2D eigenvalue weighted by atomic mass is 32.1. The molecule has 1 saturated heterocycles. The largest absolute Gasteiger partial charge is 0.398 e. The number of benzene rings is 2. The summed E-state index contributed by atoms with van der Waals surface area (Å²) < 4.78 is 1.23. The molecule has 168 valence electrons. The molecule has 7 nitrogen and oxygen atoms in total. The van der Waals surface area contributed by atoms with Crippen molar-refractivity contribution in [2.75, 3.05) is 29.9 Å². The van der Waals surface area contributed by atoms with E-state index in [2.05, 4.69) is 44.5 Å². The van der Waals surface area contributed by atoms with Crippen LogP contribution in [0.3, 0.4) is 0 Å². The summed E-state index contributed by atoms with van der Waals surface area (Å²) in [6, 6.07) is 14.5. The molecule has 5 rings (SSSR count). The van der Waals surface area contributed by atoms with Gasteiger partial charge in [-0.1, -0.05) is 12.5 Å². The molecule has 0 aliphatic carbocycles. The van der Waals surface area contributed by atoms with Crippen molar-refractivity contribution < 1.29 is 0 Å². The molecular formula is C25H27N7S. The zero-order valence-electron chi connectivity index (χ0n) is 18.3. The second-order valence-electron chi connectivity index (χ2n) is 8.42. The molecule has 0 radical (unpaired) electrons. The van der Waals surface area contributed by atoms with E-state index in [-0.39, 0.29) is 5.95 Å². The fourth-order valence-electron chi connectivity index (χ4n) is 4.36. The number of nitrogens with two attached hydrogens (primary N) is 2. The number of thiophene rings is 1. The Balaban J connectivity index is 1.48. The number of piperidine rings is 1. The Hall–Kier alpha value is -3.49. The molecule has 1 aliphatic heterocycles. The van der Waals surface area contributed by atoms with E-state index >= 15 is 0 Å². The molecule has 0 atom stereocenters. The van der Waals surface area contributed by atoms with Crippen LogP contribution in [0.25, 0.3) is 20.5 Å². The average molecular weight is 458 g/mol. The Morgan fingerprint density at radius 2 is 1.91 bits per heavy atom. The van der Waals surface area contributed by atoms with Gasteiger partial charge in [-0.05, 0) is 73.3 Å². The molecule has 8 heteroatoms. The molecule has 1 aliphatic rings. The van der Waals surface area contributed by atoms with Crippen LogP contribution in [-0.4, -0.2) is 34.2 Å². The fraction of sp³-hybridized carbons (Fsp3) is 0.240. The van der Waals surface area contributed by atoms with Crippen LogP contribution in [-0.2, 0) is 6.54 Å². The number of anilines is 4. The number of nitrogen functional groups attached to an aromatic ring is 2. The summed E-state index contributed by atoms with van der Waals surface area (Å²) in [7, 11) is 0. The Morgan fingerprint density at radius 3 is 2.70 bits per heavy atom. The third-order valence-corrected chi connectivity index (χ3v) is 7.16. The minimum atomic E-state index is 0.202. The summed E-state index contributed by atoms with van der Waals surface area (Å²) in [5.74, 6) is 0.792. The van der Waals surface area contributed by atoms with E-state index in [1.54, 1.807) is 23.6 Å². The number of likely N-dealkylation sites (tertiary alicyclic amines) is 1. The predicted molar refractivity (Wildman–Crippen MR) is 138 cm³/mol. The molecule has 4 aromatic rings. The number of hydrogen-bond donors (Lipinski definition) is 4. The number of fused-ring (bicyclic) bond motifs is 1. The van der Waals surface area contributed by atoms with Gasteiger partial charge in [0.15, 0.2) is 0 Å². The molecule has 33 heavy (non-hydrogen) atoms. The first-order valence-corrected chi connectivity index (χ1v) is 12.0. The second kappa shape index (κ2) is 9.17. The summed E-state index contributed by atoms with van der Waals surface area (Å²) in [6.45, 7) is 3.38. The van der Waals surface area contributed by atoms with E-state index in [1.165, 1.54) is 54.2 Å². The summed E-state index contributed by atoms with van der Waals surface area (Å²) in [4.78, 5) is 11.8. The van der Waals surface area contributed by atoms with Crippen LogP contribution in [0.2, 0.25) is 0 Å². The van der Waals surface area contributed by atoms with Crippen molar-refractivity contribution >= 4 is 50.8 Å². The van der Waals surface area contributed by atoms with Crippen LogP contribution in [0, 0.1) is 5.41 Å². The van der Waals surface area contributed by atoms with Gasteiger partial charge in [0.1, 0.15) is 5.82 Å². The lowest BCUT2D eigenvalue weighted by molar-refractivity contribution is 0.221. The first-order chi connectivity index (χ1) is 16.1. The third kappa shape index (κ3) is 4.67. The predicted octanol–water partition coefficient (Wildman–Crippen LogP) is 5.25. The van der Waals surface area contributed by atoms with Crippen LogP contribution in [0.1, 0.15) is 30.4 Å². The van der Waals surface area contributed by atoms with Crippen LogP contribution < -0.4 is 16.8 Å². The van der Waals surface area contributed by atoms with E-state index < -0.39 is 0 Å². The monoisotopic (exact) mass is 457 g/mol. The molecule has 1 fully saturated rings. The first kappa shape index (κ1) is 21.4. The number of rotatable bonds is 6. The van der Waals surface area contributed by atoms with Crippen LogP contribution >= 0.6 is 11.3 Å². The minimum absolute atomic E-state index is 0.202. The van der Waals surface area contributed by atoms with Gasteiger partial charge in [0.25, 0.3) is 0 Å². The Kier molecular flexibility index (Phi) is 5.93. The Morgan fingerprint density at radius 1 is 1.06 bits per heavy atom. The van der Waals surface area contributed by atoms with E-state index in [1.807, 2.05) is 12.1 Å². The van der Waals surface area contributed by atoms with Crippen LogP contribution in [0.4, 0.5) is 23.1 Å². The van der Waals surface area contributed by atoms with Gasteiger partial charge in [0, 0.05) is 51.0 Å². The van der Waals surface area contributed by atoms with Gasteiger partial charge in [-0.2, -0.15) is 4.98 Å². The van der Waals surface area contributed by atoms with Crippen molar-refractivity contribution in [1.82, 2.24) is 14.9 Å². The lowest BCUT2D eigenvalue weighted by Gasteiger charge is -2.26. The number of aromatic nitrogens is 2. The maximum absolute atomic E-state index is 7.83. The first-order valence-electron chi connectivity index (χ1n) is 11.1.